The van der Waals surface area contributed by atoms with Crippen LogP contribution in [0.2, 0.25) is 0 Å². The Bertz CT molecular complexity index is 326. The van der Waals surface area contributed by atoms with Gasteiger partial charge in [-0.2, -0.15) is 0 Å². The number of aliphatic hydroxyl groups excluding tert-OH is 1. The van der Waals surface area contributed by atoms with Crippen LogP contribution in [0.15, 0.2) is 18.2 Å². The molecule has 1 rings (SSSR count). The van der Waals surface area contributed by atoms with E-state index in [4.69, 9.17) is 9.47 Å². The summed E-state index contributed by atoms with van der Waals surface area (Å²) in [4.78, 5) is -0.0430. The number of hydrogen-bond donors (Lipinski definition) is 1. The number of ether oxygens (including phenoxy) is 2. The van der Waals surface area contributed by atoms with Crippen LogP contribution in [0.25, 0.3) is 0 Å². The van der Waals surface area contributed by atoms with Crippen molar-refractivity contribution in [3.05, 3.63) is 23.8 Å². The summed E-state index contributed by atoms with van der Waals surface area (Å²) in [6.45, 7) is 1.88. The van der Waals surface area contributed by atoms with Crippen LogP contribution in [0.4, 0.5) is 0 Å². The summed E-state index contributed by atoms with van der Waals surface area (Å²) in [6, 6.07) is 5.36. The zero-order valence-electron chi connectivity index (χ0n) is 9.03. The number of aliphatic hydroxyl groups is 1. The molecule has 0 aliphatic carbocycles. The summed E-state index contributed by atoms with van der Waals surface area (Å²) in [5.74, 6) is 1.37. The minimum atomic E-state index is -0.616. The lowest BCUT2D eigenvalue weighted by molar-refractivity contribution is 0.176. The lowest BCUT2D eigenvalue weighted by Gasteiger charge is -2.17. The molecular weight excluding hydrogens is 260 g/mol. The normalized spacial score (nSPS) is 14.5. The summed E-state index contributed by atoms with van der Waals surface area (Å²) in [5.41, 5.74) is 0.723. The van der Waals surface area contributed by atoms with Gasteiger partial charge in [-0.15, -0.1) is 0 Å². The Morgan fingerprint density at radius 2 is 1.93 bits per heavy atom. The molecule has 0 heterocycles. The SMILES string of the molecule is COc1ccc(OC)c(C(O)C(C)Br)c1. The van der Waals surface area contributed by atoms with Gasteiger partial charge in [0.05, 0.1) is 20.3 Å². The number of rotatable bonds is 4. The molecule has 0 bridgehead atoms. The van der Waals surface area contributed by atoms with Crippen molar-refractivity contribution >= 4 is 15.9 Å². The quantitative estimate of drug-likeness (QED) is 0.858. The van der Waals surface area contributed by atoms with Crippen molar-refractivity contribution in [1.82, 2.24) is 0 Å². The maximum Gasteiger partial charge on any atom is 0.124 e. The van der Waals surface area contributed by atoms with Gasteiger partial charge in [0.2, 0.25) is 0 Å². The second-order valence-electron chi connectivity index (χ2n) is 3.23. The fraction of sp³-hybridized carbons (Fsp3) is 0.455. The largest absolute Gasteiger partial charge is 0.497 e. The predicted molar refractivity (Wildman–Crippen MR) is 62.9 cm³/mol. The molecule has 0 spiro atoms. The molecule has 2 unspecified atom stereocenters. The van der Waals surface area contributed by atoms with E-state index >= 15 is 0 Å². The fourth-order valence-corrected chi connectivity index (χ4v) is 1.60. The van der Waals surface area contributed by atoms with Gasteiger partial charge in [-0.25, -0.2) is 0 Å². The van der Waals surface area contributed by atoms with Crippen LogP contribution >= 0.6 is 15.9 Å². The molecule has 1 aromatic carbocycles. The molecule has 3 nitrogen and oxygen atoms in total. The van der Waals surface area contributed by atoms with Crippen LogP contribution < -0.4 is 9.47 Å². The van der Waals surface area contributed by atoms with Gasteiger partial charge in [-0.3, -0.25) is 0 Å². The monoisotopic (exact) mass is 274 g/mol. The lowest BCUT2D eigenvalue weighted by Crippen LogP contribution is -2.09. The first kappa shape index (κ1) is 12.3. The number of hydrogen-bond acceptors (Lipinski definition) is 3. The maximum atomic E-state index is 9.95. The van der Waals surface area contributed by atoms with Crippen LogP contribution in [-0.4, -0.2) is 24.2 Å². The Kier molecular flexibility index (Phi) is 4.42. The third-order valence-electron chi connectivity index (χ3n) is 2.19. The van der Waals surface area contributed by atoms with Gasteiger partial charge >= 0.3 is 0 Å². The predicted octanol–water partition coefficient (Wildman–Crippen LogP) is 2.52. The van der Waals surface area contributed by atoms with E-state index in [1.54, 1.807) is 32.4 Å². The lowest BCUT2D eigenvalue weighted by atomic mass is 10.1. The van der Waals surface area contributed by atoms with Gasteiger partial charge in [0.15, 0.2) is 0 Å². The standard InChI is InChI=1S/C11H15BrO3/c1-7(12)11(13)9-6-8(14-2)4-5-10(9)15-3/h4-7,11,13H,1-3H3. The smallest absolute Gasteiger partial charge is 0.124 e. The highest BCUT2D eigenvalue weighted by Crippen LogP contribution is 2.32. The first-order valence-corrected chi connectivity index (χ1v) is 5.55. The van der Waals surface area contributed by atoms with Crippen molar-refractivity contribution in [1.29, 1.82) is 0 Å². The topological polar surface area (TPSA) is 38.7 Å². The molecule has 1 aromatic rings. The van der Waals surface area contributed by atoms with E-state index in [-0.39, 0.29) is 4.83 Å². The van der Waals surface area contributed by atoms with Crippen LogP contribution in [0.1, 0.15) is 18.6 Å². The van der Waals surface area contributed by atoms with Crippen molar-refractivity contribution in [2.24, 2.45) is 0 Å². The number of alkyl halides is 1. The zero-order chi connectivity index (χ0) is 11.4. The molecule has 0 aliphatic rings. The van der Waals surface area contributed by atoms with E-state index < -0.39 is 6.10 Å². The Hall–Kier alpha value is -0.740. The van der Waals surface area contributed by atoms with E-state index in [0.29, 0.717) is 11.5 Å². The summed E-state index contributed by atoms with van der Waals surface area (Å²) >= 11 is 3.34. The van der Waals surface area contributed by atoms with Crippen molar-refractivity contribution in [2.75, 3.05) is 14.2 Å². The average Bonchev–Trinajstić information content (AvgIpc) is 2.27. The van der Waals surface area contributed by atoms with E-state index in [1.807, 2.05) is 6.92 Å². The highest BCUT2D eigenvalue weighted by molar-refractivity contribution is 9.09. The first-order chi connectivity index (χ1) is 7.10. The molecule has 0 amide bonds. The molecule has 84 valence electrons. The third-order valence-corrected chi connectivity index (χ3v) is 2.69. The summed E-state index contributed by atoms with van der Waals surface area (Å²) in [7, 11) is 3.17. The van der Waals surface area contributed by atoms with Crippen molar-refractivity contribution in [3.8, 4) is 11.5 Å². The van der Waals surface area contributed by atoms with Crippen molar-refractivity contribution < 1.29 is 14.6 Å². The zero-order valence-corrected chi connectivity index (χ0v) is 10.6. The summed E-state index contributed by atoms with van der Waals surface area (Å²) < 4.78 is 10.3. The van der Waals surface area contributed by atoms with Crippen molar-refractivity contribution in [3.63, 3.8) is 0 Å². The average molecular weight is 275 g/mol. The Balaban J connectivity index is 3.11. The van der Waals surface area contributed by atoms with E-state index in [1.165, 1.54) is 0 Å². The molecular formula is C11H15BrO3. The van der Waals surface area contributed by atoms with Gasteiger partial charge in [0.25, 0.3) is 0 Å². The summed E-state index contributed by atoms with van der Waals surface area (Å²) in [6.07, 6.45) is -0.616. The van der Waals surface area contributed by atoms with Gasteiger partial charge in [-0.1, -0.05) is 15.9 Å². The van der Waals surface area contributed by atoms with Gasteiger partial charge in [0, 0.05) is 10.4 Å². The van der Waals surface area contributed by atoms with E-state index in [2.05, 4.69) is 15.9 Å². The molecule has 1 N–H and O–H groups in total. The van der Waals surface area contributed by atoms with Crippen molar-refractivity contribution in [2.45, 2.75) is 17.9 Å². The van der Waals surface area contributed by atoms with Gasteiger partial charge < -0.3 is 14.6 Å². The fourth-order valence-electron chi connectivity index (χ4n) is 1.32. The third kappa shape index (κ3) is 2.86. The molecule has 4 heteroatoms. The first-order valence-electron chi connectivity index (χ1n) is 4.64. The summed E-state index contributed by atoms with van der Waals surface area (Å²) in [5, 5.41) is 9.95. The minimum absolute atomic E-state index is 0.0430. The molecule has 0 saturated heterocycles. The molecule has 2 atom stereocenters. The van der Waals surface area contributed by atoms with Gasteiger partial charge in [0.1, 0.15) is 11.5 Å². The van der Waals surface area contributed by atoms with Crippen LogP contribution in [-0.2, 0) is 0 Å². The number of halogens is 1. The van der Waals surface area contributed by atoms with Crippen LogP contribution in [0.3, 0.4) is 0 Å². The maximum absolute atomic E-state index is 9.95. The second kappa shape index (κ2) is 5.37. The Morgan fingerprint density at radius 3 is 2.40 bits per heavy atom. The molecule has 15 heavy (non-hydrogen) atoms. The van der Waals surface area contributed by atoms with E-state index in [9.17, 15) is 5.11 Å². The van der Waals surface area contributed by atoms with E-state index in [0.717, 1.165) is 5.56 Å². The highest BCUT2D eigenvalue weighted by Gasteiger charge is 2.18. The Labute approximate surface area is 98.1 Å². The molecule has 0 saturated carbocycles. The van der Waals surface area contributed by atoms with Crippen LogP contribution in [0, 0.1) is 0 Å². The van der Waals surface area contributed by atoms with Gasteiger partial charge in [-0.05, 0) is 25.1 Å². The molecule has 0 aromatic heterocycles. The second-order valence-corrected chi connectivity index (χ2v) is 4.67. The minimum Gasteiger partial charge on any atom is -0.497 e. The Morgan fingerprint density at radius 1 is 1.27 bits per heavy atom. The highest BCUT2D eigenvalue weighted by atomic mass is 79.9. The molecule has 0 aliphatic heterocycles. The number of methoxy groups -OCH3 is 2. The molecule has 0 fully saturated rings. The molecule has 0 radical (unpaired) electrons. The van der Waals surface area contributed by atoms with Crippen LogP contribution in [0.5, 0.6) is 11.5 Å². The number of benzene rings is 1.